The zero-order chi connectivity index (χ0) is 20.6. The number of hydrogen-bond acceptors (Lipinski definition) is 4. The van der Waals surface area contributed by atoms with E-state index in [9.17, 15) is 14.0 Å². The smallest absolute Gasteiger partial charge is 0.407 e. The van der Waals surface area contributed by atoms with E-state index in [1.165, 1.54) is 12.1 Å². The van der Waals surface area contributed by atoms with Gasteiger partial charge in [-0.2, -0.15) is 0 Å². The maximum atomic E-state index is 14.5. The van der Waals surface area contributed by atoms with Crippen molar-refractivity contribution in [2.24, 2.45) is 0 Å². The Labute approximate surface area is 167 Å². The number of nitrogens with zero attached hydrogens (tertiary/aromatic N) is 1. The Morgan fingerprint density at radius 3 is 2.48 bits per heavy atom. The summed E-state index contributed by atoms with van der Waals surface area (Å²) in [5.74, 6) is -1.03. The van der Waals surface area contributed by atoms with E-state index in [2.05, 4.69) is 15.6 Å². The average Bonchev–Trinajstić information content (AvgIpc) is 2.73. The zero-order valence-corrected chi connectivity index (χ0v) is 15.8. The largest absolute Gasteiger partial charge is 0.445 e. The second-order valence-electron chi connectivity index (χ2n) is 6.35. The molecule has 2 N–H and O–H groups in total. The third kappa shape index (κ3) is 5.62. The fourth-order valence-electron chi connectivity index (χ4n) is 2.68. The molecule has 0 fully saturated rings. The van der Waals surface area contributed by atoms with Crippen LogP contribution in [0.3, 0.4) is 0 Å². The minimum Gasteiger partial charge on any atom is -0.445 e. The number of carbonyl (C=O) groups is 2. The quantitative estimate of drug-likeness (QED) is 0.648. The van der Waals surface area contributed by atoms with Crippen LogP contribution in [0, 0.1) is 5.82 Å². The fourth-order valence-corrected chi connectivity index (χ4v) is 2.68. The molecule has 1 unspecified atom stereocenters. The lowest BCUT2D eigenvalue weighted by Crippen LogP contribution is -2.28. The summed E-state index contributed by atoms with van der Waals surface area (Å²) < 4.78 is 19.7. The van der Waals surface area contributed by atoms with Crippen LogP contribution in [-0.4, -0.2) is 17.0 Å². The molecule has 3 aromatic rings. The molecule has 0 aliphatic heterocycles. The maximum Gasteiger partial charge on any atom is 0.407 e. The summed E-state index contributed by atoms with van der Waals surface area (Å²) in [5.41, 5.74) is 1.83. The van der Waals surface area contributed by atoms with Gasteiger partial charge in [-0.25, -0.2) is 9.18 Å². The van der Waals surface area contributed by atoms with Gasteiger partial charge in [0, 0.05) is 29.2 Å². The number of ether oxygens (including phenoxy) is 1. The first-order valence-electron chi connectivity index (χ1n) is 9.01. The van der Waals surface area contributed by atoms with Gasteiger partial charge in [0.1, 0.15) is 12.4 Å². The van der Waals surface area contributed by atoms with E-state index in [0.29, 0.717) is 5.69 Å². The second kappa shape index (κ2) is 9.45. The first-order chi connectivity index (χ1) is 14.0. The highest BCUT2D eigenvalue weighted by Gasteiger charge is 2.17. The molecule has 6 nitrogen and oxygen atoms in total. The van der Waals surface area contributed by atoms with E-state index in [1.807, 2.05) is 30.3 Å². The highest BCUT2D eigenvalue weighted by molar-refractivity contribution is 6.04. The van der Waals surface area contributed by atoms with Crippen LogP contribution in [0.15, 0.2) is 73.1 Å². The van der Waals surface area contributed by atoms with Crippen LogP contribution in [0.5, 0.6) is 0 Å². The van der Waals surface area contributed by atoms with Crippen molar-refractivity contribution < 1.29 is 18.7 Å². The predicted octanol–water partition coefficient (Wildman–Crippen LogP) is 4.46. The number of rotatable bonds is 6. The molecule has 1 atom stereocenters. The normalized spacial score (nSPS) is 11.4. The standard InChI is InChI=1S/C22H20FN3O3/c1-15(25-22(28)29-14-16-5-3-2-4-6-16)19-8-7-17(13-20(19)23)21(27)26-18-9-11-24-12-10-18/h2-13,15H,14H2,1H3,(H,25,28)(H,24,26,27). The molecular weight excluding hydrogens is 373 g/mol. The number of pyridine rings is 1. The number of hydrogen-bond donors (Lipinski definition) is 2. The molecule has 0 bridgehead atoms. The van der Waals surface area contributed by atoms with Crippen LogP contribution in [0.2, 0.25) is 0 Å². The molecule has 0 aliphatic carbocycles. The van der Waals surface area contributed by atoms with Gasteiger partial charge in [-0.05, 0) is 36.8 Å². The predicted molar refractivity (Wildman–Crippen MR) is 107 cm³/mol. The molecule has 29 heavy (non-hydrogen) atoms. The first-order valence-corrected chi connectivity index (χ1v) is 9.01. The van der Waals surface area contributed by atoms with Gasteiger partial charge in [-0.3, -0.25) is 9.78 Å². The van der Waals surface area contributed by atoms with Crippen molar-refractivity contribution >= 4 is 17.7 Å². The van der Waals surface area contributed by atoms with Gasteiger partial charge < -0.3 is 15.4 Å². The van der Waals surface area contributed by atoms with E-state index in [4.69, 9.17) is 4.74 Å². The number of amides is 2. The molecular formula is C22H20FN3O3. The molecule has 7 heteroatoms. The Balaban J connectivity index is 1.58. The van der Waals surface area contributed by atoms with E-state index < -0.39 is 23.9 Å². The van der Waals surface area contributed by atoms with Crippen molar-refractivity contribution in [2.75, 3.05) is 5.32 Å². The minimum absolute atomic E-state index is 0.121. The van der Waals surface area contributed by atoms with Gasteiger partial charge in [0.05, 0.1) is 6.04 Å². The van der Waals surface area contributed by atoms with Crippen molar-refractivity contribution in [3.05, 3.63) is 95.6 Å². The highest BCUT2D eigenvalue weighted by atomic mass is 19.1. The summed E-state index contributed by atoms with van der Waals surface area (Å²) in [7, 11) is 0. The molecule has 2 amide bonds. The van der Waals surface area contributed by atoms with Crippen LogP contribution >= 0.6 is 0 Å². The molecule has 3 rings (SSSR count). The van der Waals surface area contributed by atoms with Crippen molar-refractivity contribution in [1.82, 2.24) is 10.3 Å². The van der Waals surface area contributed by atoms with Crippen molar-refractivity contribution in [3.63, 3.8) is 0 Å². The number of halogens is 1. The third-order valence-corrected chi connectivity index (χ3v) is 4.21. The molecule has 2 aromatic carbocycles. The number of nitrogens with one attached hydrogen (secondary N) is 2. The Morgan fingerprint density at radius 1 is 1.07 bits per heavy atom. The fraction of sp³-hybridized carbons (Fsp3) is 0.136. The van der Waals surface area contributed by atoms with E-state index in [0.717, 1.165) is 11.6 Å². The number of alkyl carbamates (subject to hydrolysis) is 1. The monoisotopic (exact) mass is 393 g/mol. The van der Waals surface area contributed by atoms with Crippen molar-refractivity contribution in [3.8, 4) is 0 Å². The van der Waals surface area contributed by atoms with Gasteiger partial charge in [-0.1, -0.05) is 36.4 Å². The van der Waals surface area contributed by atoms with Crippen LogP contribution in [0.1, 0.15) is 34.5 Å². The summed E-state index contributed by atoms with van der Waals surface area (Å²) in [5, 5.41) is 5.25. The summed E-state index contributed by atoms with van der Waals surface area (Å²) in [6.45, 7) is 1.76. The van der Waals surface area contributed by atoms with Gasteiger partial charge in [-0.15, -0.1) is 0 Å². The van der Waals surface area contributed by atoms with Gasteiger partial charge in [0.25, 0.3) is 5.91 Å². The van der Waals surface area contributed by atoms with E-state index in [-0.39, 0.29) is 17.7 Å². The molecule has 148 valence electrons. The average molecular weight is 393 g/mol. The van der Waals surface area contributed by atoms with Gasteiger partial charge in [0.2, 0.25) is 0 Å². The Bertz CT molecular complexity index is 981. The maximum absolute atomic E-state index is 14.5. The summed E-state index contributed by atoms with van der Waals surface area (Å²) in [6, 6.07) is 16.0. The number of anilines is 1. The lowest BCUT2D eigenvalue weighted by Gasteiger charge is -2.16. The number of carbonyl (C=O) groups excluding carboxylic acids is 2. The topological polar surface area (TPSA) is 80.3 Å². The van der Waals surface area contributed by atoms with Crippen LogP contribution in [-0.2, 0) is 11.3 Å². The molecule has 0 saturated heterocycles. The van der Waals surface area contributed by atoms with Crippen LogP contribution in [0.4, 0.5) is 14.9 Å². The lowest BCUT2D eigenvalue weighted by atomic mass is 10.0. The van der Waals surface area contributed by atoms with Crippen LogP contribution in [0.25, 0.3) is 0 Å². The van der Waals surface area contributed by atoms with Crippen LogP contribution < -0.4 is 10.6 Å². The molecule has 0 saturated carbocycles. The zero-order valence-electron chi connectivity index (χ0n) is 15.8. The van der Waals surface area contributed by atoms with Gasteiger partial charge >= 0.3 is 6.09 Å². The Morgan fingerprint density at radius 2 is 1.79 bits per heavy atom. The molecule has 0 aliphatic rings. The Kier molecular flexibility index (Phi) is 6.52. The Hall–Kier alpha value is -3.74. The molecule has 0 spiro atoms. The first kappa shape index (κ1) is 20.0. The number of aromatic nitrogens is 1. The molecule has 1 aromatic heterocycles. The summed E-state index contributed by atoms with van der Waals surface area (Å²) >= 11 is 0. The van der Waals surface area contributed by atoms with Crippen molar-refractivity contribution in [1.29, 1.82) is 0 Å². The SMILES string of the molecule is CC(NC(=O)OCc1ccccc1)c1ccc(C(=O)Nc2ccncc2)cc1F. The summed E-state index contributed by atoms with van der Waals surface area (Å²) in [4.78, 5) is 28.1. The molecule has 1 heterocycles. The second-order valence-corrected chi connectivity index (χ2v) is 6.35. The van der Waals surface area contributed by atoms with Gasteiger partial charge in [0.15, 0.2) is 0 Å². The highest BCUT2D eigenvalue weighted by Crippen LogP contribution is 2.19. The summed E-state index contributed by atoms with van der Waals surface area (Å²) in [6.07, 6.45) is 2.44. The van der Waals surface area contributed by atoms with E-state index in [1.54, 1.807) is 31.5 Å². The van der Waals surface area contributed by atoms with Crippen molar-refractivity contribution in [2.45, 2.75) is 19.6 Å². The van der Waals surface area contributed by atoms with E-state index >= 15 is 0 Å². The third-order valence-electron chi connectivity index (χ3n) is 4.21. The lowest BCUT2D eigenvalue weighted by molar-refractivity contribution is 0.102. The molecule has 0 radical (unpaired) electrons. The number of benzene rings is 2. The minimum atomic E-state index is -0.653.